The molecule has 252 valence electrons. The molecule has 1 nitrogen and oxygen atoms in total. The molecule has 0 saturated carbocycles. The molecule has 0 radical (unpaired) electrons. The fourth-order valence-electron chi connectivity index (χ4n) is 8.43. The molecule has 0 unspecified atom stereocenters. The molecule has 0 saturated heterocycles. The van der Waals surface area contributed by atoms with Crippen LogP contribution < -0.4 is 4.90 Å². The number of hydrogen-bond donors (Lipinski definition) is 0. The summed E-state index contributed by atoms with van der Waals surface area (Å²) in [7, 11) is 0. The summed E-state index contributed by atoms with van der Waals surface area (Å²) in [6, 6.07) is 73.5. The van der Waals surface area contributed by atoms with Crippen LogP contribution in [0.2, 0.25) is 0 Å². The van der Waals surface area contributed by atoms with Gasteiger partial charge in [-0.25, -0.2) is 0 Å². The maximum atomic E-state index is 2.41. The van der Waals surface area contributed by atoms with Crippen molar-refractivity contribution in [3.63, 3.8) is 0 Å². The molecule has 54 heavy (non-hydrogen) atoms. The monoisotopic (exact) mass is 703 g/mol. The van der Waals surface area contributed by atoms with Crippen molar-refractivity contribution in [1.29, 1.82) is 0 Å². The van der Waals surface area contributed by atoms with Crippen molar-refractivity contribution in [2.24, 2.45) is 0 Å². The number of benzene rings is 10. The first-order chi connectivity index (χ1) is 26.8. The Morgan fingerprint density at radius 3 is 1.72 bits per heavy atom. The van der Waals surface area contributed by atoms with Gasteiger partial charge in [0.25, 0.3) is 0 Å². The third-order valence-corrected chi connectivity index (χ3v) is 12.2. The predicted octanol–water partition coefficient (Wildman–Crippen LogP) is 15.5. The summed E-state index contributed by atoms with van der Waals surface area (Å²) in [6.07, 6.45) is 0. The van der Waals surface area contributed by atoms with Gasteiger partial charge in [0.1, 0.15) is 0 Å². The van der Waals surface area contributed by atoms with E-state index in [1.807, 2.05) is 11.3 Å². The van der Waals surface area contributed by atoms with Crippen molar-refractivity contribution < 1.29 is 0 Å². The first-order valence-corrected chi connectivity index (χ1v) is 19.3. The van der Waals surface area contributed by atoms with Crippen LogP contribution in [0.15, 0.2) is 200 Å². The second-order valence-corrected chi connectivity index (χ2v) is 15.2. The molecule has 0 aliphatic carbocycles. The van der Waals surface area contributed by atoms with E-state index in [1.54, 1.807) is 0 Å². The van der Waals surface area contributed by atoms with Gasteiger partial charge in [-0.05, 0) is 114 Å². The lowest BCUT2D eigenvalue weighted by Gasteiger charge is -2.26. The Hall–Kier alpha value is -6.74. The molecule has 2 heteroatoms. The third kappa shape index (κ3) is 4.99. The molecule has 0 aliphatic heterocycles. The molecule has 11 aromatic rings. The Kier molecular flexibility index (Phi) is 7.11. The Morgan fingerprint density at radius 2 is 0.926 bits per heavy atom. The van der Waals surface area contributed by atoms with Crippen molar-refractivity contribution >= 4 is 91.7 Å². The van der Waals surface area contributed by atoms with E-state index in [9.17, 15) is 0 Å². The van der Waals surface area contributed by atoms with Crippen LogP contribution in [0.4, 0.5) is 17.1 Å². The summed E-state index contributed by atoms with van der Waals surface area (Å²) in [6.45, 7) is 0. The minimum Gasteiger partial charge on any atom is -0.310 e. The van der Waals surface area contributed by atoms with Crippen LogP contribution in [0.1, 0.15) is 0 Å². The zero-order chi connectivity index (χ0) is 35.6. The lowest BCUT2D eigenvalue weighted by Crippen LogP contribution is -2.10. The number of anilines is 3. The van der Waals surface area contributed by atoms with E-state index in [0.717, 1.165) is 17.1 Å². The van der Waals surface area contributed by atoms with Gasteiger partial charge >= 0.3 is 0 Å². The summed E-state index contributed by atoms with van der Waals surface area (Å²) in [5.41, 5.74) is 8.22. The Morgan fingerprint density at radius 1 is 0.315 bits per heavy atom. The normalized spacial score (nSPS) is 11.7. The third-order valence-electron chi connectivity index (χ3n) is 11.0. The van der Waals surface area contributed by atoms with E-state index in [2.05, 4.69) is 205 Å². The number of nitrogens with zero attached hydrogens (tertiary/aromatic N) is 1. The molecule has 0 bridgehead atoms. The lowest BCUT2D eigenvalue weighted by atomic mass is 9.90. The quantitative estimate of drug-likeness (QED) is 0.161. The molecule has 0 N–H and O–H groups in total. The van der Waals surface area contributed by atoms with Crippen LogP contribution in [-0.4, -0.2) is 0 Å². The van der Waals surface area contributed by atoms with Gasteiger partial charge in [0, 0.05) is 37.2 Å². The molecule has 11 rings (SSSR count). The van der Waals surface area contributed by atoms with Gasteiger partial charge in [-0.2, -0.15) is 0 Å². The number of thiophene rings is 1. The molecule has 0 atom stereocenters. The van der Waals surface area contributed by atoms with Crippen molar-refractivity contribution in [3.05, 3.63) is 200 Å². The maximum absolute atomic E-state index is 2.41. The highest BCUT2D eigenvalue weighted by Crippen LogP contribution is 2.44. The van der Waals surface area contributed by atoms with E-state index < -0.39 is 0 Å². The van der Waals surface area contributed by atoms with Crippen molar-refractivity contribution in [3.8, 4) is 22.3 Å². The molecule has 0 spiro atoms. The van der Waals surface area contributed by atoms with Gasteiger partial charge in [0.2, 0.25) is 0 Å². The SMILES string of the molecule is c1ccc(-c2cccc(N(c3ccc(-c4cc5ccccc5c5c4ccc4ccccc45)cc3)c3ccc4sc5c6ccccc6ccc5c4c3)c2)cc1. The Bertz CT molecular complexity index is 3200. The average Bonchev–Trinajstić information content (AvgIpc) is 3.63. The van der Waals surface area contributed by atoms with Crippen LogP contribution in [0.25, 0.3) is 85.5 Å². The van der Waals surface area contributed by atoms with Gasteiger partial charge in [-0.15, -0.1) is 11.3 Å². The highest BCUT2D eigenvalue weighted by Gasteiger charge is 2.18. The van der Waals surface area contributed by atoms with Crippen LogP contribution in [0.3, 0.4) is 0 Å². The molecule has 0 fully saturated rings. The van der Waals surface area contributed by atoms with Crippen LogP contribution in [0.5, 0.6) is 0 Å². The zero-order valence-electron chi connectivity index (χ0n) is 29.4. The Balaban J connectivity index is 1.09. The predicted molar refractivity (Wildman–Crippen MR) is 235 cm³/mol. The minimum absolute atomic E-state index is 1.11. The topological polar surface area (TPSA) is 3.24 Å². The first kappa shape index (κ1) is 30.8. The van der Waals surface area contributed by atoms with Crippen LogP contribution in [-0.2, 0) is 0 Å². The molecule has 10 aromatic carbocycles. The van der Waals surface area contributed by atoms with E-state index in [0.29, 0.717) is 0 Å². The average molecular weight is 704 g/mol. The summed E-state index contributed by atoms with van der Waals surface area (Å²) in [4.78, 5) is 2.41. The van der Waals surface area contributed by atoms with Gasteiger partial charge in [-0.3, -0.25) is 0 Å². The molecule has 1 aromatic heterocycles. The van der Waals surface area contributed by atoms with Crippen molar-refractivity contribution in [2.45, 2.75) is 0 Å². The molecule has 0 amide bonds. The summed E-state index contributed by atoms with van der Waals surface area (Å²) in [5, 5.41) is 12.9. The minimum atomic E-state index is 1.11. The van der Waals surface area contributed by atoms with Crippen molar-refractivity contribution in [1.82, 2.24) is 0 Å². The lowest BCUT2D eigenvalue weighted by molar-refractivity contribution is 1.29. The van der Waals surface area contributed by atoms with Crippen LogP contribution in [0, 0.1) is 0 Å². The fraction of sp³-hybridized carbons (Fsp3) is 0. The largest absolute Gasteiger partial charge is 0.310 e. The number of fused-ring (bicyclic) bond motifs is 10. The van der Waals surface area contributed by atoms with E-state index >= 15 is 0 Å². The van der Waals surface area contributed by atoms with Crippen molar-refractivity contribution in [2.75, 3.05) is 4.90 Å². The summed E-state index contributed by atoms with van der Waals surface area (Å²) < 4.78 is 2.65. The smallest absolute Gasteiger partial charge is 0.0468 e. The molecule has 0 aliphatic rings. The molecular weight excluding hydrogens is 671 g/mol. The molecule has 1 heterocycles. The number of hydrogen-bond acceptors (Lipinski definition) is 2. The van der Waals surface area contributed by atoms with E-state index in [4.69, 9.17) is 0 Å². The second-order valence-electron chi connectivity index (χ2n) is 14.1. The van der Waals surface area contributed by atoms with Gasteiger partial charge < -0.3 is 4.90 Å². The summed E-state index contributed by atoms with van der Waals surface area (Å²) in [5.74, 6) is 0. The maximum Gasteiger partial charge on any atom is 0.0468 e. The summed E-state index contributed by atoms with van der Waals surface area (Å²) >= 11 is 1.89. The van der Waals surface area contributed by atoms with E-state index in [1.165, 1.54) is 85.5 Å². The van der Waals surface area contributed by atoms with Gasteiger partial charge in [-0.1, -0.05) is 152 Å². The highest BCUT2D eigenvalue weighted by molar-refractivity contribution is 7.26. The van der Waals surface area contributed by atoms with E-state index in [-0.39, 0.29) is 0 Å². The first-order valence-electron chi connectivity index (χ1n) is 18.5. The van der Waals surface area contributed by atoms with Gasteiger partial charge in [0.15, 0.2) is 0 Å². The highest BCUT2D eigenvalue weighted by atomic mass is 32.1. The van der Waals surface area contributed by atoms with Crippen LogP contribution >= 0.6 is 11.3 Å². The molecular formula is C52H33NS. The second kappa shape index (κ2) is 12.4. The number of rotatable bonds is 5. The van der Waals surface area contributed by atoms with Gasteiger partial charge in [0.05, 0.1) is 0 Å². The standard InChI is InChI=1S/C52H33NS/c1-2-11-34(12-3-1)38-16-10-17-41(31-38)53(42-27-30-50-49(33-42)47-29-24-36-14-5-9-20-45(36)52(47)54-50)40-25-21-37(22-26-40)48-32-39-15-6-8-19-44(39)51-43-18-7-4-13-35(43)23-28-46(48)51/h1-33H. The fourth-order valence-corrected chi connectivity index (χ4v) is 9.65. The Labute approximate surface area is 317 Å². The zero-order valence-corrected chi connectivity index (χ0v) is 30.2.